The Morgan fingerprint density at radius 3 is 2.95 bits per heavy atom. The van der Waals surface area contributed by atoms with Gasteiger partial charge in [-0.1, -0.05) is 30.3 Å². The van der Waals surface area contributed by atoms with E-state index >= 15 is 0 Å². The van der Waals surface area contributed by atoms with E-state index in [1.165, 1.54) is 29.9 Å². The molecule has 1 saturated heterocycles. The van der Waals surface area contributed by atoms with E-state index in [1.807, 2.05) is 0 Å². The van der Waals surface area contributed by atoms with E-state index in [-0.39, 0.29) is 0 Å². The number of likely N-dealkylation sites (tertiary alicyclic amines) is 1. The van der Waals surface area contributed by atoms with Crippen LogP contribution in [0.15, 0.2) is 30.3 Å². The molecule has 1 aromatic carbocycles. The standard InChI is InChI=1S/C14H19N5S/c15-13-17-14(20-18-13)16-12-7-4-8-19(10-12)9-11-5-2-1-3-6-11/h1-3,5-6,12H,4,7-10H2,(H3,15,16,17,18). The number of nitrogens with zero attached hydrogens (tertiary/aromatic N) is 3. The van der Waals surface area contributed by atoms with Crippen LogP contribution < -0.4 is 11.1 Å². The average Bonchev–Trinajstić information content (AvgIpc) is 2.86. The van der Waals surface area contributed by atoms with Gasteiger partial charge in [0.1, 0.15) is 0 Å². The van der Waals surface area contributed by atoms with Gasteiger partial charge in [-0.05, 0) is 24.9 Å². The lowest BCUT2D eigenvalue weighted by molar-refractivity contribution is 0.208. The maximum atomic E-state index is 5.55. The third kappa shape index (κ3) is 3.46. The molecule has 0 radical (unpaired) electrons. The number of nitrogens with one attached hydrogen (secondary N) is 1. The van der Waals surface area contributed by atoms with E-state index in [2.05, 4.69) is 49.9 Å². The number of nitrogen functional groups attached to an aromatic ring is 1. The summed E-state index contributed by atoms with van der Waals surface area (Å²) in [5.41, 5.74) is 6.92. The molecule has 0 bridgehead atoms. The molecule has 1 aliphatic heterocycles. The normalized spacial score (nSPS) is 19.9. The molecule has 20 heavy (non-hydrogen) atoms. The van der Waals surface area contributed by atoms with Gasteiger partial charge in [0.05, 0.1) is 0 Å². The van der Waals surface area contributed by atoms with Gasteiger partial charge < -0.3 is 11.1 Å². The van der Waals surface area contributed by atoms with Crippen molar-refractivity contribution in [2.45, 2.75) is 25.4 Å². The van der Waals surface area contributed by atoms with Crippen LogP contribution in [0.1, 0.15) is 18.4 Å². The van der Waals surface area contributed by atoms with E-state index in [0.29, 0.717) is 12.0 Å². The van der Waals surface area contributed by atoms with Crippen LogP contribution in [0, 0.1) is 0 Å². The summed E-state index contributed by atoms with van der Waals surface area (Å²) in [6.07, 6.45) is 2.38. The highest BCUT2D eigenvalue weighted by atomic mass is 32.1. The minimum absolute atomic E-state index is 0.356. The van der Waals surface area contributed by atoms with Gasteiger partial charge in [0, 0.05) is 30.7 Å². The summed E-state index contributed by atoms with van der Waals surface area (Å²) < 4.78 is 4.00. The molecule has 0 amide bonds. The Morgan fingerprint density at radius 2 is 2.20 bits per heavy atom. The van der Waals surface area contributed by atoms with Gasteiger partial charge in [0.2, 0.25) is 11.1 Å². The van der Waals surface area contributed by atoms with Gasteiger partial charge in [-0.25, -0.2) is 0 Å². The highest BCUT2D eigenvalue weighted by Crippen LogP contribution is 2.19. The number of benzene rings is 1. The number of hydrogen-bond donors (Lipinski definition) is 2. The van der Waals surface area contributed by atoms with Crippen LogP contribution in [-0.4, -0.2) is 33.4 Å². The zero-order valence-electron chi connectivity index (χ0n) is 11.3. The van der Waals surface area contributed by atoms with Crippen molar-refractivity contribution in [3.63, 3.8) is 0 Å². The molecule has 1 aliphatic rings. The first kappa shape index (κ1) is 13.3. The molecule has 6 heteroatoms. The third-order valence-electron chi connectivity index (χ3n) is 3.52. The predicted octanol–water partition coefficient (Wildman–Crippen LogP) is 2.20. The first-order valence-corrected chi connectivity index (χ1v) is 7.69. The molecule has 1 unspecified atom stereocenters. The number of anilines is 2. The van der Waals surface area contributed by atoms with Crippen LogP contribution in [-0.2, 0) is 6.54 Å². The maximum Gasteiger partial charge on any atom is 0.233 e. The van der Waals surface area contributed by atoms with Crippen molar-refractivity contribution in [3.05, 3.63) is 35.9 Å². The van der Waals surface area contributed by atoms with Gasteiger partial charge in [-0.15, -0.1) is 0 Å². The second-order valence-corrected chi connectivity index (χ2v) is 5.91. The minimum atomic E-state index is 0.356. The van der Waals surface area contributed by atoms with E-state index in [1.54, 1.807) is 0 Å². The lowest BCUT2D eigenvalue weighted by Crippen LogP contribution is -2.41. The SMILES string of the molecule is Nc1nsc(NC2CCCN(Cc3ccccc3)C2)n1. The van der Waals surface area contributed by atoms with E-state index < -0.39 is 0 Å². The molecule has 0 saturated carbocycles. The Balaban J connectivity index is 1.56. The fourth-order valence-electron chi connectivity index (χ4n) is 2.63. The fraction of sp³-hybridized carbons (Fsp3) is 0.429. The highest BCUT2D eigenvalue weighted by Gasteiger charge is 2.20. The third-order valence-corrected chi connectivity index (χ3v) is 4.18. The molecular weight excluding hydrogens is 270 g/mol. The molecule has 3 N–H and O–H groups in total. The Labute approximate surface area is 123 Å². The maximum absolute atomic E-state index is 5.55. The van der Waals surface area contributed by atoms with Gasteiger partial charge in [0.25, 0.3) is 0 Å². The van der Waals surface area contributed by atoms with Crippen molar-refractivity contribution in [1.82, 2.24) is 14.3 Å². The highest BCUT2D eigenvalue weighted by molar-refractivity contribution is 7.09. The summed E-state index contributed by atoms with van der Waals surface area (Å²) >= 11 is 1.33. The second-order valence-electron chi connectivity index (χ2n) is 5.16. The van der Waals surface area contributed by atoms with Crippen LogP contribution in [0.4, 0.5) is 11.1 Å². The van der Waals surface area contributed by atoms with Crippen LogP contribution in [0.5, 0.6) is 0 Å². The van der Waals surface area contributed by atoms with Crippen molar-refractivity contribution >= 4 is 22.6 Å². The van der Waals surface area contributed by atoms with Crippen LogP contribution >= 0.6 is 11.5 Å². The smallest absolute Gasteiger partial charge is 0.233 e. The first-order valence-electron chi connectivity index (χ1n) is 6.91. The van der Waals surface area contributed by atoms with Crippen molar-refractivity contribution in [3.8, 4) is 0 Å². The van der Waals surface area contributed by atoms with E-state index in [0.717, 1.165) is 24.8 Å². The molecule has 1 aromatic heterocycles. The van der Waals surface area contributed by atoms with Crippen molar-refractivity contribution < 1.29 is 0 Å². The lowest BCUT2D eigenvalue weighted by Gasteiger charge is -2.33. The summed E-state index contributed by atoms with van der Waals surface area (Å²) in [5, 5.41) is 4.27. The fourth-order valence-corrected chi connectivity index (χ4v) is 3.20. The first-order chi connectivity index (χ1) is 9.79. The topological polar surface area (TPSA) is 67.1 Å². The molecule has 2 heterocycles. The van der Waals surface area contributed by atoms with Crippen molar-refractivity contribution in [2.24, 2.45) is 0 Å². The molecule has 1 atom stereocenters. The number of rotatable bonds is 4. The zero-order valence-corrected chi connectivity index (χ0v) is 12.1. The summed E-state index contributed by atoms with van der Waals surface area (Å²) in [4.78, 5) is 6.66. The summed E-state index contributed by atoms with van der Waals surface area (Å²) in [6, 6.07) is 11.0. The van der Waals surface area contributed by atoms with E-state index in [4.69, 9.17) is 5.73 Å². The predicted molar refractivity (Wildman–Crippen MR) is 82.7 cm³/mol. The molecule has 0 spiro atoms. The Hall–Kier alpha value is -1.66. The van der Waals surface area contributed by atoms with E-state index in [9.17, 15) is 0 Å². The average molecular weight is 289 g/mol. The Kier molecular flexibility index (Phi) is 4.13. The van der Waals surface area contributed by atoms with Gasteiger partial charge >= 0.3 is 0 Å². The largest absolute Gasteiger partial charge is 0.367 e. The van der Waals surface area contributed by atoms with Crippen LogP contribution in [0.3, 0.4) is 0 Å². The minimum Gasteiger partial charge on any atom is -0.367 e. The lowest BCUT2D eigenvalue weighted by atomic mass is 10.1. The van der Waals surface area contributed by atoms with Crippen LogP contribution in [0.25, 0.3) is 0 Å². The monoisotopic (exact) mass is 289 g/mol. The number of hydrogen-bond acceptors (Lipinski definition) is 6. The second kappa shape index (κ2) is 6.19. The molecular formula is C14H19N5S. The quantitative estimate of drug-likeness (QED) is 0.903. The summed E-state index contributed by atoms with van der Waals surface area (Å²) in [7, 11) is 0. The zero-order chi connectivity index (χ0) is 13.8. The number of nitrogens with two attached hydrogens (primary N) is 1. The molecule has 2 aromatic rings. The van der Waals surface area contributed by atoms with Gasteiger partial charge in [-0.2, -0.15) is 9.36 Å². The Bertz CT molecular complexity index is 542. The van der Waals surface area contributed by atoms with Crippen molar-refractivity contribution in [1.29, 1.82) is 0 Å². The number of aromatic nitrogens is 2. The van der Waals surface area contributed by atoms with Gasteiger partial charge in [-0.3, -0.25) is 4.90 Å². The number of piperidine rings is 1. The molecule has 106 valence electrons. The summed E-state index contributed by atoms with van der Waals surface area (Å²) in [6.45, 7) is 3.21. The molecule has 5 nitrogen and oxygen atoms in total. The molecule has 1 fully saturated rings. The summed E-state index contributed by atoms with van der Waals surface area (Å²) in [5.74, 6) is 0.356. The van der Waals surface area contributed by atoms with Gasteiger partial charge in [0.15, 0.2) is 0 Å². The van der Waals surface area contributed by atoms with Crippen molar-refractivity contribution in [2.75, 3.05) is 24.1 Å². The molecule has 3 rings (SSSR count). The van der Waals surface area contributed by atoms with Crippen LogP contribution in [0.2, 0.25) is 0 Å². The molecule has 0 aliphatic carbocycles. The Morgan fingerprint density at radius 1 is 1.35 bits per heavy atom.